The second kappa shape index (κ2) is 8.57. The molecule has 0 unspecified atom stereocenters. The van der Waals surface area contributed by atoms with Crippen LogP contribution in [0.3, 0.4) is 0 Å². The monoisotopic (exact) mass is 450 g/mol. The van der Waals surface area contributed by atoms with Gasteiger partial charge in [-0.05, 0) is 63.1 Å². The second-order valence-corrected chi connectivity index (χ2v) is 8.57. The SMILES string of the molecule is Cc1nn(Cc2ccc(C(=O)NC(C)(C)c3ccc4c(c3)OCCO4)cc2)c(C)c1[N+](=O)[O-]. The fourth-order valence-corrected chi connectivity index (χ4v) is 3.90. The molecule has 0 saturated carbocycles. The lowest BCUT2D eigenvalue weighted by Gasteiger charge is -2.28. The van der Waals surface area contributed by atoms with Crippen LogP contribution in [0.25, 0.3) is 0 Å². The van der Waals surface area contributed by atoms with Gasteiger partial charge in [-0.15, -0.1) is 0 Å². The van der Waals surface area contributed by atoms with Crippen molar-refractivity contribution in [3.8, 4) is 11.5 Å². The molecule has 2 aromatic carbocycles. The van der Waals surface area contributed by atoms with Crippen molar-refractivity contribution in [2.45, 2.75) is 39.8 Å². The average Bonchev–Trinajstić information content (AvgIpc) is 3.06. The number of hydrogen-bond donors (Lipinski definition) is 1. The van der Waals surface area contributed by atoms with Crippen molar-refractivity contribution < 1.29 is 19.2 Å². The maximum absolute atomic E-state index is 12.9. The van der Waals surface area contributed by atoms with E-state index in [9.17, 15) is 14.9 Å². The molecule has 0 spiro atoms. The molecule has 1 N–H and O–H groups in total. The van der Waals surface area contributed by atoms with E-state index in [4.69, 9.17) is 9.47 Å². The lowest BCUT2D eigenvalue weighted by molar-refractivity contribution is -0.386. The lowest BCUT2D eigenvalue weighted by atomic mass is 9.93. The summed E-state index contributed by atoms with van der Waals surface area (Å²) in [6.45, 7) is 8.57. The Bertz CT molecular complexity index is 1210. The van der Waals surface area contributed by atoms with Gasteiger partial charge in [0, 0.05) is 5.56 Å². The number of rotatable bonds is 6. The van der Waals surface area contributed by atoms with Gasteiger partial charge in [0.2, 0.25) is 0 Å². The average molecular weight is 450 g/mol. The molecular weight excluding hydrogens is 424 g/mol. The summed E-state index contributed by atoms with van der Waals surface area (Å²) >= 11 is 0. The molecule has 1 amide bonds. The van der Waals surface area contributed by atoms with Crippen molar-refractivity contribution in [3.05, 3.63) is 80.7 Å². The number of benzene rings is 2. The Morgan fingerprint density at radius 3 is 2.42 bits per heavy atom. The van der Waals surface area contributed by atoms with E-state index in [0.717, 1.165) is 11.1 Å². The standard InChI is InChI=1S/C24H26N4O5/c1-15-22(28(30)31)16(2)27(26-15)14-17-5-7-18(8-6-17)23(29)25-24(3,4)19-9-10-20-21(13-19)33-12-11-32-20/h5-10,13H,11-12,14H2,1-4H3,(H,25,29). The van der Waals surface area contributed by atoms with E-state index >= 15 is 0 Å². The number of amides is 1. The van der Waals surface area contributed by atoms with Gasteiger partial charge in [0.15, 0.2) is 11.5 Å². The van der Waals surface area contributed by atoms with Crippen LogP contribution in [0.1, 0.15) is 46.7 Å². The van der Waals surface area contributed by atoms with Crippen LogP contribution >= 0.6 is 0 Å². The van der Waals surface area contributed by atoms with Crippen molar-refractivity contribution >= 4 is 11.6 Å². The molecular formula is C24H26N4O5. The third-order valence-electron chi connectivity index (χ3n) is 5.76. The first kappa shape index (κ1) is 22.3. The number of aryl methyl sites for hydroxylation is 1. The third-order valence-corrected chi connectivity index (χ3v) is 5.76. The Hall–Kier alpha value is -3.88. The molecule has 1 aliphatic heterocycles. The number of ether oxygens (including phenoxy) is 2. The quantitative estimate of drug-likeness (QED) is 0.451. The van der Waals surface area contributed by atoms with Gasteiger partial charge in [-0.25, -0.2) is 0 Å². The predicted octanol–water partition coefficient (Wildman–Crippen LogP) is 3.89. The largest absolute Gasteiger partial charge is 0.486 e. The minimum atomic E-state index is -0.631. The molecule has 0 atom stereocenters. The smallest absolute Gasteiger partial charge is 0.312 e. The number of carbonyl (C=O) groups excluding carboxylic acids is 1. The van der Waals surface area contributed by atoms with Crippen molar-refractivity contribution in [1.82, 2.24) is 15.1 Å². The first-order valence-corrected chi connectivity index (χ1v) is 10.7. The van der Waals surface area contributed by atoms with Gasteiger partial charge >= 0.3 is 5.69 Å². The Balaban J connectivity index is 1.46. The van der Waals surface area contributed by atoms with Crippen LogP contribution in [0.5, 0.6) is 11.5 Å². The molecule has 1 aromatic heterocycles. The molecule has 33 heavy (non-hydrogen) atoms. The number of carbonyl (C=O) groups is 1. The van der Waals surface area contributed by atoms with Gasteiger partial charge < -0.3 is 14.8 Å². The van der Waals surface area contributed by atoms with E-state index in [1.54, 1.807) is 30.7 Å². The molecule has 0 saturated heterocycles. The van der Waals surface area contributed by atoms with Gasteiger partial charge in [-0.2, -0.15) is 5.10 Å². The number of fused-ring (bicyclic) bond motifs is 1. The molecule has 0 radical (unpaired) electrons. The molecule has 9 heteroatoms. The summed E-state index contributed by atoms with van der Waals surface area (Å²) < 4.78 is 12.8. The van der Waals surface area contributed by atoms with Gasteiger partial charge in [0.1, 0.15) is 24.6 Å². The van der Waals surface area contributed by atoms with Crippen LogP contribution in [-0.4, -0.2) is 33.8 Å². The maximum Gasteiger partial charge on any atom is 0.312 e. The fraction of sp³-hybridized carbons (Fsp3) is 0.333. The van der Waals surface area contributed by atoms with E-state index in [0.29, 0.717) is 48.2 Å². The van der Waals surface area contributed by atoms with E-state index in [1.165, 1.54) is 0 Å². The highest BCUT2D eigenvalue weighted by molar-refractivity contribution is 5.94. The molecule has 0 aliphatic carbocycles. The van der Waals surface area contributed by atoms with Crippen molar-refractivity contribution in [2.24, 2.45) is 0 Å². The van der Waals surface area contributed by atoms with Crippen molar-refractivity contribution in [3.63, 3.8) is 0 Å². The predicted molar refractivity (Wildman–Crippen MR) is 122 cm³/mol. The second-order valence-electron chi connectivity index (χ2n) is 8.57. The number of hydrogen-bond acceptors (Lipinski definition) is 6. The highest BCUT2D eigenvalue weighted by atomic mass is 16.6. The normalized spacial score (nSPS) is 13.0. The molecule has 2 heterocycles. The topological polar surface area (TPSA) is 109 Å². The zero-order chi connectivity index (χ0) is 23.8. The number of nitro groups is 1. The van der Waals surface area contributed by atoms with Crippen molar-refractivity contribution in [2.75, 3.05) is 13.2 Å². The lowest BCUT2D eigenvalue weighted by Crippen LogP contribution is -2.41. The van der Waals surface area contributed by atoms with Crippen LogP contribution in [0, 0.1) is 24.0 Å². The minimum Gasteiger partial charge on any atom is -0.486 e. The highest BCUT2D eigenvalue weighted by Crippen LogP contribution is 2.34. The minimum absolute atomic E-state index is 0.0346. The summed E-state index contributed by atoms with van der Waals surface area (Å²) in [5.41, 5.74) is 2.60. The molecule has 1 aliphatic rings. The van der Waals surface area contributed by atoms with E-state index in [-0.39, 0.29) is 11.6 Å². The Labute approximate surface area is 191 Å². The summed E-state index contributed by atoms with van der Waals surface area (Å²) in [5.74, 6) is 1.17. The number of aromatic nitrogens is 2. The Morgan fingerprint density at radius 2 is 1.79 bits per heavy atom. The zero-order valence-corrected chi connectivity index (χ0v) is 19.0. The van der Waals surface area contributed by atoms with Gasteiger partial charge in [-0.3, -0.25) is 19.6 Å². The van der Waals surface area contributed by atoms with E-state index in [1.807, 2.05) is 44.2 Å². The molecule has 4 rings (SSSR count). The number of nitrogens with zero attached hydrogens (tertiary/aromatic N) is 3. The van der Waals surface area contributed by atoms with Crippen LogP contribution in [0.2, 0.25) is 0 Å². The Kier molecular flexibility index (Phi) is 5.80. The zero-order valence-electron chi connectivity index (χ0n) is 19.0. The van der Waals surface area contributed by atoms with Crippen molar-refractivity contribution in [1.29, 1.82) is 0 Å². The third kappa shape index (κ3) is 4.52. The summed E-state index contributed by atoms with van der Waals surface area (Å²) in [6, 6.07) is 12.8. The first-order valence-electron chi connectivity index (χ1n) is 10.7. The summed E-state index contributed by atoms with van der Waals surface area (Å²) in [6.07, 6.45) is 0. The molecule has 0 fully saturated rings. The fourth-order valence-electron chi connectivity index (χ4n) is 3.90. The summed E-state index contributed by atoms with van der Waals surface area (Å²) in [4.78, 5) is 23.7. The maximum atomic E-state index is 12.9. The first-order chi connectivity index (χ1) is 15.7. The molecule has 172 valence electrons. The molecule has 9 nitrogen and oxygen atoms in total. The summed E-state index contributed by atoms with van der Waals surface area (Å²) in [5, 5.41) is 18.6. The van der Waals surface area contributed by atoms with Crippen LogP contribution < -0.4 is 14.8 Å². The summed E-state index contributed by atoms with van der Waals surface area (Å²) in [7, 11) is 0. The van der Waals surface area contributed by atoms with E-state index < -0.39 is 10.5 Å². The molecule has 0 bridgehead atoms. The van der Waals surface area contributed by atoms with Crippen LogP contribution in [0.4, 0.5) is 5.69 Å². The Morgan fingerprint density at radius 1 is 1.12 bits per heavy atom. The van der Waals surface area contributed by atoms with Gasteiger partial charge in [0.05, 0.1) is 17.0 Å². The molecule has 3 aromatic rings. The highest BCUT2D eigenvalue weighted by Gasteiger charge is 2.26. The van der Waals surface area contributed by atoms with Gasteiger partial charge in [-0.1, -0.05) is 18.2 Å². The van der Waals surface area contributed by atoms with Gasteiger partial charge in [0.25, 0.3) is 5.91 Å². The van der Waals surface area contributed by atoms with Crippen LogP contribution in [-0.2, 0) is 12.1 Å². The van der Waals surface area contributed by atoms with E-state index in [2.05, 4.69) is 10.4 Å². The number of nitrogens with one attached hydrogen (secondary N) is 1. The van der Waals surface area contributed by atoms with Crippen LogP contribution in [0.15, 0.2) is 42.5 Å².